The first-order valence-electron chi connectivity index (χ1n) is 10.7. The number of hydrogen-bond donors (Lipinski definition) is 2. The standard InChI is InChI=1S/C23H23F2N7O/c1-12-10-32(11-13(2)28-12)18-5-4-15(20-21(18)27-7-6-26-20)23(33)29-14-8-16-19(17(24)9-14)30-31(3)22(16)25/h4-9,12-13,28H,10-11H2,1-3H3,(H,29,33)/t12-,13-/m1/s1. The molecule has 170 valence electrons. The highest BCUT2D eigenvalue weighted by Crippen LogP contribution is 2.29. The molecule has 1 aliphatic heterocycles. The van der Waals surface area contributed by atoms with Crippen molar-refractivity contribution < 1.29 is 13.6 Å². The fourth-order valence-corrected chi connectivity index (χ4v) is 4.50. The molecule has 4 aromatic rings. The Morgan fingerprint density at radius 1 is 1.06 bits per heavy atom. The molecule has 1 aliphatic rings. The summed E-state index contributed by atoms with van der Waals surface area (Å²) in [6, 6.07) is 6.66. The predicted molar refractivity (Wildman–Crippen MR) is 122 cm³/mol. The zero-order valence-electron chi connectivity index (χ0n) is 18.4. The topological polar surface area (TPSA) is 88.0 Å². The van der Waals surface area contributed by atoms with Crippen LogP contribution in [0.25, 0.3) is 21.9 Å². The molecule has 0 unspecified atom stereocenters. The molecular formula is C23H23F2N7O. The molecule has 0 aliphatic carbocycles. The van der Waals surface area contributed by atoms with Gasteiger partial charge in [-0.15, -0.1) is 0 Å². The average Bonchev–Trinajstić information content (AvgIpc) is 3.06. The van der Waals surface area contributed by atoms with Crippen LogP contribution >= 0.6 is 0 Å². The maximum atomic E-state index is 14.4. The number of rotatable bonds is 3. The van der Waals surface area contributed by atoms with Crippen LogP contribution in [0.4, 0.5) is 20.2 Å². The molecule has 5 rings (SSSR count). The van der Waals surface area contributed by atoms with Gasteiger partial charge in [-0.2, -0.15) is 9.49 Å². The first kappa shape index (κ1) is 21.2. The van der Waals surface area contributed by atoms with E-state index in [2.05, 4.69) is 44.4 Å². The molecule has 0 saturated carbocycles. The van der Waals surface area contributed by atoms with E-state index in [1.54, 1.807) is 12.3 Å². The second-order valence-electron chi connectivity index (χ2n) is 8.48. The van der Waals surface area contributed by atoms with Gasteiger partial charge in [0.15, 0.2) is 5.82 Å². The molecule has 0 spiro atoms. The molecule has 33 heavy (non-hydrogen) atoms. The Morgan fingerprint density at radius 2 is 1.76 bits per heavy atom. The van der Waals surface area contributed by atoms with Crippen LogP contribution in [-0.4, -0.2) is 50.8 Å². The van der Waals surface area contributed by atoms with Crippen molar-refractivity contribution in [3.05, 3.63) is 54.0 Å². The second kappa shape index (κ2) is 8.04. The van der Waals surface area contributed by atoms with Gasteiger partial charge in [0.25, 0.3) is 5.91 Å². The van der Waals surface area contributed by atoms with Gasteiger partial charge in [0.05, 0.1) is 16.6 Å². The van der Waals surface area contributed by atoms with Crippen molar-refractivity contribution in [3.8, 4) is 0 Å². The number of fused-ring (bicyclic) bond motifs is 2. The van der Waals surface area contributed by atoms with Gasteiger partial charge < -0.3 is 15.5 Å². The van der Waals surface area contributed by atoms with E-state index < -0.39 is 17.7 Å². The molecular weight excluding hydrogens is 428 g/mol. The van der Waals surface area contributed by atoms with E-state index in [0.717, 1.165) is 29.5 Å². The summed E-state index contributed by atoms with van der Waals surface area (Å²) < 4.78 is 29.7. The summed E-state index contributed by atoms with van der Waals surface area (Å²) in [5, 5.41) is 9.98. The van der Waals surface area contributed by atoms with E-state index in [4.69, 9.17) is 0 Å². The summed E-state index contributed by atoms with van der Waals surface area (Å²) in [7, 11) is 1.39. The summed E-state index contributed by atoms with van der Waals surface area (Å²) in [4.78, 5) is 24.3. The molecule has 1 amide bonds. The lowest BCUT2D eigenvalue weighted by Gasteiger charge is -2.38. The third-order valence-electron chi connectivity index (χ3n) is 5.82. The first-order valence-corrected chi connectivity index (χ1v) is 10.7. The van der Waals surface area contributed by atoms with Gasteiger partial charge in [-0.05, 0) is 38.1 Å². The van der Waals surface area contributed by atoms with Crippen molar-refractivity contribution in [3.63, 3.8) is 0 Å². The summed E-state index contributed by atoms with van der Waals surface area (Å²) in [5.41, 5.74) is 2.30. The van der Waals surface area contributed by atoms with Crippen molar-refractivity contribution in [1.29, 1.82) is 0 Å². The van der Waals surface area contributed by atoms with Crippen LogP contribution in [0.1, 0.15) is 24.2 Å². The van der Waals surface area contributed by atoms with E-state index >= 15 is 0 Å². The normalized spacial score (nSPS) is 18.8. The van der Waals surface area contributed by atoms with Crippen LogP contribution in [-0.2, 0) is 7.05 Å². The van der Waals surface area contributed by atoms with Gasteiger partial charge in [-0.25, -0.2) is 9.07 Å². The highest BCUT2D eigenvalue weighted by Gasteiger charge is 2.25. The van der Waals surface area contributed by atoms with E-state index in [9.17, 15) is 13.6 Å². The summed E-state index contributed by atoms with van der Waals surface area (Å²) in [6.45, 7) is 5.85. The monoisotopic (exact) mass is 451 g/mol. The number of halogens is 2. The van der Waals surface area contributed by atoms with Gasteiger partial charge in [-0.3, -0.25) is 14.8 Å². The molecule has 0 radical (unpaired) electrons. The fraction of sp³-hybridized carbons (Fsp3) is 0.304. The number of anilines is 2. The van der Waals surface area contributed by atoms with Crippen LogP contribution in [0.3, 0.4) is 0 Å². The summed E-state index contributed by atoms with van der Waals surface area (Å²) >= 11 is 0. The Kier molecular flexibility index (Phi) is 5.16. The molecule has 0 bridgehead atoms. The average molecular weight is 451 g/mol. The fourth-order valence-electron chi connectivity index (χ4n) is 4.50. The van der Waals surface area contributed by atoms with E-state index in [0.29, 0.717) is 28.7 Å². The van der Waals surface area contributed by atoms with Gasteiger partial charge >= 0.3 is 0 Å². The lowest BCUT2D eigenvalue weighted by atomic mass is 10.1. The SMILES string of the molecule is C[C@@H]1CN(c2ccc(C(=O)Nc3cc(F)c4nn(C)c(F)c4c3)c3nccnc23)C[C@@H](C)N1. The van der Waals surface area contributed by atoms with Crippen molar-refractivity contribution in [2.75, 3.05) is 23.3 Å². The first-order chi connectivity index (χ1) is 15.8. The quantitative estimate of drug-likeness (QED) is 0.497. The molecule has 1 saturated heterocycles. The Labute approximate surface area is 188 Å². The number of nitrogens with zero attached hydrogens (tertiary/aromatic N) is 5. The highest BCUT2D eigenvalue weighted by molar-refractivity contribution is 6.13. The lowest BCUT2D eigenvalue weighted by Crippen LogP contribution is -2.54. The maximum absolute atomic E-state index is 14.4. The number of carbonyl (C=O) groups is 1. The molecule has 2 aromatic heterocycles. The third kappa shape index (κ3) is 3.76. The minimum absolute atomic E-state index is 0.00487. The van der Waals surface area contributed by atoms with Crippen LogP contribution in [0.5, 0.6) is 0 Å². The van der Waals surface area contributed by atoms with Crippen molar-refractivity contribution in [1.82, 2.24) is 25.1 Å². The Morgan fingerprint density at radius 3 is 2.48 bits per heavy atom. The third-order valence-corrected chi connectivity index (χ3v) is 5.82. The minimum atomic E-state index is -0.718. The Hall–Kier alpha value is -3.66. The number of piperazine rings is 1. The Balaban J connectivity index is 1.51. The number of carbonyl (C=O) groups excluding carboxylic acids is 1. The molecule has 1 fully saturated rings. The van der Waals surface area contributed by atoms with Crippen molar-refractivity contribution in [2.24, 2.45) is 7.05 Å². The number of amides is 1. The molecule has 2 N–H and O–H groups in total. The largest absolute Gasteiger partial charge is 0.367 e. The van der Waals surface area contributed by atoms with E-state index in [1.165, 1.54) is 19.3 Å². The van der Waals surface area contributed by atoms with Crippen LogP contribution in [0, 0.1) is 11.8 Å². The maximum Gasteiger partial charge on any atom is 0.257 e. The van der Waals surface area contributed by atoms with Gasteiger partial charge in [-0.1, -0.05) is 0 Å². The smallest absolute Gasteiger partial charge is 0.257 e. The van der Waals surface area contributed by atoms with Crippen molar-refractivity contribution in [2.45, 2.75) is 25.9 Å². The number of benzene rings is 2. The molecule has 8 nitrogen and oxygen atoms in total. The summed E-state index contributed by atoms with van der Waals surface area (Å²) in [6.07, 6.45) is 3.12. The lowest BCUT2D eigenvalue weighted by molar-refractivity contribution is 0.102. The van der Waals surface area contributed by atoms with Crippen molar-refractivity contribution >= 4 is 39.2 Å². The molecule has 2 atom stereocenters. The second-order valence-corrected chi connectivity index (χ2v) is 8.48. The molecule has 10 heteroatoms. The van der Waals surface area contributed by atoms with E-state index in [-0.39, 0.29) is 16.6 Å². The number of aromatic nitrogens is 4. The van der Waals surface area contributed by atoms with Gasteiger partial charge in [0.1, 0.15) is 16.6 Å². The zero-order valence-corrected chi connectivity index (χ0v) is 18.4. The van der Waals surface area contributed by atoms with Crippen LogP contribution < -0.4 is 15.5 Å². The highest BCUT2D eigenvalue weighted by atomic mass is 19.1. The summed E-state index contributed by atoms with van der Waals surface area (Å²) in [5.74, 6) is -1.89. The molecule has 2 aromatic carbocycles. The van der Waals surface area contributed by atoms with Gasteiger partial charge in [0, 0.05) is 50.3 Å². The van der Waals surface area contributed by atoms with Gasteiger partial charge in [0.2, 0.25) is 5.95 Å². The number of hydrogen-bond acceptors (Lipinski definition) is 6. The zero-order chi connectivity index (χ0) is 23.3. The Bertz CT molecular complexity index is 1380. The molecule has 3 heterocycles. The predicted octanol–water partition coefficient (Wildman–Crippen LogP) is 3.23. The van der Waals surface area contributed by atoms with Crippen LogP contribution in [0.2, 0.25) is 0 Å². The minimum Gasteiger partial charge on any atom is -0.367 e. The van der Waals surface area contributed by atoms with Crippen LogP contribution in [0.15, 0.2) is 36.7 Å². The van der Waals surface area contributed by atoms with E-state index in [1.807, 2.05) is 6.07 Å². The number of nitrogens with one attached hydrogen (secondary N) is 2. The number of aryl methyl sites for hydroxylation is 1.